The lowest BCUT2D eigenvalue weighted by Gasteiger charge is -2.31. The summed E-state index contributed by atoms with van der Waals surface area (Å²) in [4.78, 5) is 12.7. The van der Waals surface area contributed by atoms with Gasteiger partial charge in [0.25, 0.3) is 0 Å². The molecule has 1 fully saturated rings. The highest BCUT2D eigenvalue weighted by atomic mass is 32.2. The molecule has 184 valence electrons. The Balaban J connectivity index is 1.52. The number of hydrogen-bond acceptors (Lipinski definition) is 5. The first-order valence-electron chi connectivity index (χ1n) is 11.1. The summed E-state index contributed by atoms with van der Waals surface area (Å²) < 4.78 is 60.2. The van der Waals surface area contributed by atoms with E-state index in [4.69, 9.17) is 4.52 Å². The fourth-order valence-electron chi connectivity index (χ4n) is 3.97. The molecule has 3 aromatic rings. The first-order chi connectivity index (χ1) is 16.6. The summed E-state index contributed by atoms with van der Waals surface area (Å²) >= 11 is 0. The van der Waals surface area contributed by atoms with E-state index in [2.05, 4.69) is 10.5 Å². The average molecular weight is 502 g/mol. The Bertz CT molecular complexity index is 1370. The number of amides is 1. The zero-order valence-corrected chi connectivity index (χ0v) is 20.1. The minimum atomic E-state index is -4.01. The number of carbonyl (C=O) groups is 1. The van der Waals surface area contributed by atoms with Gasteiger partial charge in [-0.25, -0.2) is 17.2 Å². The summed E-state index contributed by atoms with van der Waals surface area (Å²) in [6.07, 6.45) is 4.24. The van der Waals surface area contributed by atoms with Crippen molar-refractivity contribution in [3.05, 3.63) is 76.7 Å². The van der Waals surface area contributed by atoms with Crippen molar-refractivity contribution in [3.63, 3.8) is 0 Å². The van der Waals surface area contributed by atoms with Crippen LogP contribution in [0.5, 0.6) is 0 Å². The van der Waals surface area contributed by atoms with Crippen molar-refractivity contribution in [3.8, 4) is 0 Å². The molecular weight excluding hydrogens is 476 g/mol. The van der Waals surface area contributed by atoms with Crippen molar-refractivity contribution in [2.24, 2.45) is 5.92 Å². The molecular formula is C25H25F2N3O4S. The highest BCUT2D eigenvalue weighted by molar-refractivity contribution is 7.89. The van der Waals surface area contributed by atoms with E-state index in [0.29, 0.717) is 12.8 Å². The Kier molecular flexibility index (Phi) is 7.13. The zero-order valence-electron chi connectivity index (χ0n) is 19.3. The summed E-state index contributed by atoms with van der Waals surface area (Å²) in [7, 11) is -4.01. The van der Waals surface area contributed by atoms with Crippen molar-refractivity contribution >= 4 is 33.8 Å². The first-order valence-corrected chi connectivity index (χ1v) is 12.6. The van der Waals surface area contributed by atoms with Gasteiger partial charge >= 0.3 is 0 Å². The second-order valence-corrected chi connectivity index (χ2v) is 10.4. The van der Waals surface area contributed by atoms with E-state index in [1.807, 2.05) is 31.2 Å². The number of nitrogens with one attached hydrogen (secondary N) is 1. The number of piperidine rings is 1. The average Bonchev–Trinajstić information content (AvgIpc) is 3.22. The van der Waals surface area contributed by atoms with Crippen LogP contribution in [0.15, 0.2) is 51.9 Å². The number of nitrogens with zero attached hydrogens (tertiary/aromatic N) is 2. The van der Waals surface area contributed by atoms with Crippen LogP contribution in [0.4, 0.5) is 14.5 Å². The maximum Gasteiger partial charge on any atom is 0.248 e. The number of carbonyl (C=O) groups excluding carboxylic acids is 1. The van der Waals surface area contributed by atoms with E-state index in [1.54, 1.807) is 19.1 Å². The van der Waals surface area contributed by atoms with E-state index in [-0.39, 0.29) is 35.1 Å². The molecule has 4 rings (SSSR count). The van der Waals surface area contributed by atoms with Gasteiger partial charge in [-0.15, -0.1) is 0 Å². The van der Waals surface area contributed by atoms with E-state index < -0.39 is 33.5 Å². The molecule has 1 saturated heterocycles. The molecule has 2 aromatic carbocycles. The number of sulfonamides is 1. The van der Waals surface area contributed by atoms with E-state index in [0.717, 1.165) is 23.3 Å². The van der Waals surface area contributed by atoms with Gasteiger partial charge in [0, 0.05) is 24.8 Å². The lowest BCUT2D eigenvalue weighted by atomic mass is 9.98. The first kappa shape index (κ1) is 24.7. The highest BCUT2D eigenvalue weighted by Crippen LogP contribution is 2.30. The number of anilines is 1. The molecule has 1 aliphatic heterocycles. The van der Waals surface area contributed by atoms with Gasteiger partial charge in [-0.05, 0) is 50.5 Å². The Hall–Kier alpha value is -3.37. The second-order valence-electron chi connectivity index (χ2n) is 8.53. The SMILES string of the molecule is Cc1ccc(C=Cc2onc(C)c2S(=O)(=O)N2CCCC(C(=O)Nc3ccc(F)c(F)c3)C2)cc1. The van der Waals surface area contributed by atoms with Crippen molar-refractivity contribution < 1.29 is 26.5 Å². The Morgan fingerprint density at radius 3 is 2.57 bits per heavy atom. The minimum absolute atomic E-state index is 0.0393. The Morgan fingerprint density at radius 2 is 1.86 bits per heavy atom. The normalized spacial score (nSPS) is 17.1. The summed E-state index contributed by atoms with van der Waals surface area (Å²) in [6, 6.07) is 10.8. The predicted molar refractivity (Wildman–Crippen MR) is 128 cm³/mol. The molecule has 1 N–H and O–H groups in total. The van der Waals surface area contributed by atoms with Gasteiger partial charge in [0.2, 0.25) is 15.9 Å². The molecule has 1 amide bonds. The third-order valence-electron chi connectivity index (χ3n) is 5.88. The smallest absolute Gasteiger partial charge is 0.248 e. The Labute approximate surface area is 202 Å². The van der Waals surface area contributed by atoms with Gasteiger partial charge < -0.3 is 9.84 Å². The summed E-state index contributed by atoms with van der Waals surface area (Å²) in [5.41, 5.74) is 2.31. The lowest BCUT2D eigenvalue weighted by Crippen LogP contribution is -2.43. The quantitative estimate of drug-likeness (QED) is 0.525. The topological polar surface area (TPSA) is 92.5 Å². The van der Waals surface area contributed by atoms with Crippen LogP contribution in [0.3, 0.4) is 0 Å². The van der Waals surface area contributed by atoms with Gasteiger partial charge in [0.15, 0.2) is 22.3 Å². The Morgan fingerprint density at radius 1 is 1.11 bits per heavy atom. The molecule has 0 aliphatic carbocycles. The minimum Gasteiger partial charge on any atom is -0.355 e. The van der Waals surface area contributed by atoms with Crippen LogP contribution >= 0.6 is 0 Å². The number of halogens is 2. The maximum absolute atomic E-state index is 13.5. The zero-order chi connectivity index (χ0) is 25.2. The number of aryl methyl sites for hydroxylation is 2. The number of benzene rings is 2. The molecule has 1 unspecified atom stereocenters. The number of hydrogen-bond donors (Lipinski definition) is 1. The highest BCUT2D eigenvalue weighted by Gasteiger charge is 2.37. The lowest BCUT2D eigenvalue weighted by molar-refractivity contribution is -0.120. The van der Waals surface area contributed by atoms with Crippen molar-refractivity contribution in [2.45, 2.75) is 31.6 Å². The maximum atomic E-state index is 13.5. The monoisotopic (exact) mass is 501 g/mol. The third kappa shape index (κ3) is 5.49. The third-order valence-corrected chi connectivity index (χ3v) is 7.90. The molecule has 7 nitrogen and oxygen atoms in total. The molecule has 1 aliphatic rings. The van der Waals surface area contributed by atoms with Gasteiger partial charge in [-0.2, -0.15) is 4.31 Å². The van der Waals surface area contributed by atoms with E-state index in [1.165, 1.54) is 10.4 Å². The fourth-order valence-corrected chi connectivity index (χ4v) is 5.74. The molecule has 0 radical (unpaired) electrons. The van der Waals surface area contributed by atoms with Crippen LogP contribution in [0.1, 0.15) is 35.4 Å². The molecule has 0 bridgehead atoms. The van der Waals surface area contributed by atoms with Crippen LogP contribution in [0.2, 0.25) is 0 Å². The van der Waals surface area contributed by atoms with Crippen LogP contribution in [-0.4, -0.2) is 36.9 Å². The van der Waals surface area contributed by atoms with Gasteiger partial charge in [-0.1, -0.05) is 41.1 Å². The summed E-state index contributed by atoms with van der Waals surface area (Å²) in [5, 5.41) is 6.39. The molecule has 1 aromatic heterocycles. The largest absolute Gasteiger partial charge is 0.355 e. The van der Waals surface area contributed by atoms with Crippen LogP contribution in [0, 0.1) is 31.4 Å². The summed E-state index contributed by atoms with van der Waals surface area (Å²) in [6.45, 7) is 3.71. The van der Waals surface area contributed by atoms with Crippen LogP contribution in [-0.2, 0) is 14.8 Å². The molecule has 0 saturated carbocycles. The van der Waals surface area contributed by atoms with Crippen LogP contribution < -0.4 is 5.32 Å². The van der Waals surface area contributed by atoms with Crippen molar-refractivity contribution in [1.82, 2.24) is 9.46 Å². The summed E-state index contributed by atoms with van der Waals surface area (Å²) in [5.74, 6) is -3.11. The predicted octanol–water partition coefficient (Wildman–Crippen LogP) is 4.78. The number of aromatic nitrogens is 1. The molecule has 35 heavy (non-hydrogen) atoms. The second kappa shape index (κ2) is 10.1. The van der Waals surface area contributed by atoms with E-state index >= 15 is 0 Å². The molecule has 10 heteroatoms. The van der Waals surface area contributed by atoms with Gasteiger partial charge in [0.05, 0.1) is 5.92 Å². The standard InChI is InChI=1S/C25H25F2N3O4S/c1-16-5-7-18(8-6-16)9-12-23-24(17(2)29-34-23)35(32,33)30-13-3-4-19(15-30)25(31)28-20-10-11-21(26)22(27)14-20/h5-12,14,19H,3-4,13,15H2,1-2H3,(H,28,31). The van der Waals surface area contributed by atoms with Crippen molar-refractivity contribution in [2.75, 3.05) is 18.4 Å². The molecule has 2 heterocycles. The van der Waals surface area contributed by atoms with Gasteiger partial charge in [-0.3, -0.25) is 4.79 Å². The van der Waals surface area contributed by atoms with Crippen molar-refractivity contribution in [1.29, 1.82) is 0 Å². The number of rotatable bonds is 6. The van der Waals surface area contributed by atoms with Gasteiger partial charge in [0.1, 0.15) is 5.69 Å². The van der Waals surface area contributed by atoms with Crippen LogP contribution in [0.25, 0.3) is 12.2 Å². The fraction of sp³-hybridized carbons (Fsp3) is 0.280. The molecule has 0 spiro atoms. The van der Waals surface area contributed by atoms with E-state index in [9.17, 15) is 22.0 Å². The molecule has 1 atom stereocenters.